The van der Waals surface area contributed by atoms with Crippen LogP contribution in [0.2, 0.25) is 5.02 Å². The normalized spacial score (nSPS) is 11.3. The number of H-pyrrole nitrogens is 1. The van der Waals surface area contributed by atoms with Crippen LogP contribution in [-0.4, -0.2) is 20.1 Å². The highest BCUT2D eigenvalue weighted by atomic mass is 35.5. The first-order valence-electron chi connectivity index (χ1n) is 6.41. The van der Waals surface area contributed by atoms with E-state index >= 15 is 0 Å². The Kier molecular flexibility index (Phi) is 3.61. The highest BCUT2D eigenvalue weighted by molar-refractivity contribution is 7.98. The van der Waals surface area contributed by atoms with Crippen LogP contribution in [0.15, 0.2) is 44.7 Å². The molecule has 0 amide bonds. The summed E-state index contributed by atoms with van der Waals surface area (Å²) in [6, 6.07) is 7.53. The molecule has 1 N–H and O–H groups in total. The maximum atomic E-state index is 5.97. The molecule has 8 heteroatoms. The lowest BCUT2D eigenvalue weighted by Gasteiger charge is -1.91. The number of rotatable bonds is 4. The van der Waals surface area contributed by atoms with E-state index in [1.165, 1.54) is 11.8 Å². The van der Waals surface area contributed by atoms with Crippen molar-refractivity contribution < 1.29 is 4.52 Å². The van der Waals surface area contributed by atoms with Gasteiger partial charge in [0.15, 0.2) is 11.0 Å². The number of aromatic amines is 1. The fourth-order valence-electron chi connectivity index (χ4n) is 1.98. The zero-order valence-corrected chi connectivity index (χ0v) is 13.5. The van der Waals surface area contributed by atoms with Gasteiger partial charge in [-0.3, -0.25) is 0 Å². The van der Waals surface area contributed by atoms with E-state index in [2.05, 4.69) is 20.1 Å². The van der Waals surface area contributed by atoms with Crippen LogP contribution in [0.25, 0.3) is 22.5 Å². The van der Waals surface area contributed by atoms with Crippen molar-refractivity contribution in [2.24, 2.45) is 0 Å². The van der Waals surface area contributed by atoms with Crippen molar-refractivity contribution in [2.75, 3.05) is 0 Å². The van der Waals surface area contributed by atoms with E-state index in [4.69, 9.17) is 16.1 Å². The van der Waals surface area contributed by atoms with Crippen LogP contribution in [-0.2, 0) is 5.75 Å². The molecule has 0 aliphatic rings. The molecule has 0 spiro atoms. The van der Waals surface area contributed by atoms with Gasteiger partial charge in [0.25, 0.3) is 5.89 Å². The molecule has 0 radical (unpaired) electrons. The lowest BCUT2D eigenvalue weighted by atomic mass is 10.3. The molecule has 3 aromatic heterocycles. The quantitative estimate of drug-likeness (QED) is 0.545. The largest absolute Gasteiger partial charge is 0.334 e. The zero-order valence-electron chi connectivity index (χ0n) is 11.1. The van der Waals surface area contributed by atoms with Crippen molar-refractivity contribution in [3.05, 3.63) is 45.9 Å². The Bertz CT molecular complexity index is 916. The van der Waals surface area contributed by atoms with Crippen LogP contribution in [0.5, 0.6) is 0 Å². The van der Waals surface area contributed by atoms with Crippen LogP contribution >= 0.6 is 34.7 Å². The van der Waals surface area contributed by atoms with Crippen LogP contribution in [0.3, 0.4) is 0 Å². The summed E-state index contributed by atoms with van der Waals surface area (Å²) < 4.78 is 5.26. The third-order valence-corrected chi connectivity index (χ3v) is 4.78. The Morgan fingerprint density at radius 3 is 3.09 bits per heavy atom. The van der Waals surface area contributed by atoms with Gasteiger partial charge >= 0.3 is 0 Å². The molecule has 1 aromatic carbocycles. The summed E-state index contributed by atoms with van der Waals surface area (Å²) in [5.41, 5.74) is 2.76. The predicted octanol–water partition coefficient (Wildman–Crippen LogP) is 4.62. The first kappa shape index (κ1) is 13.8. The first-order chi connectivity index (χ1) is 10.8. The highest BCUT2D eigenvalue weighted by Gasteiger charge is 2.11. The average molecular weight is 349 g/mol. The summed E-state index contributed by atoms with van der Waals surface area (Å²) in [7, 11) is 0. The molecule has 0 fully saturated rings. The number of aromatic nitrogens is 4. The number of thiophene rings is 1. The zero-order chi connectivity index (χ0) is 14.9. The number of hydrogen-bond acceptors (Lipinski definition) is 6. The van der Waals surface area contributed by atoms with E-state index in [-0.39, 0.29) is 0 Å². The minimum Gasteiger partial charge on any atom is -0.334 e. The fourth-order valence-corrected chi connectivity index (χ4v) is 3.51. The Labute approximate surface area is 138 Å². The van der Waals surface area contributed by atoms with E-state index in [0.717, 1.165) is 21.8 Å². The summed E-state index contributed by atoms with van der Waals surface area (Å²) in [5.74, 6) is 1.78. The van der Waals surface area contributed by atoms with Crippen molar-refractivity contribution >= 4 is 45.7 Å². The summed E-state index contributed by atoms with van der Waals surface area (Å²) in [6.45, 7) is 0. The molecule has 0 bridgehead atoms. The van der Waals surface area contributed by atoms with Crippen molar-refractivity contribution in [2.45, 2.75) is 10.9 Å². The van der Waals surface area contributed by atoms with E-state index in [0.29, 0.717) is 22.5 Å². The van der Waals surface area contributed by atoms with Gasteiger partial charge in [-0.15, -0.1) is 0 Å². The third kappa shape index (κ3) is 2.75. The van der Waals surface area contributed by atoms with Gasteiger partial charge in [-0.25, -0.2) is 4.98 Å². The third-order valence-electron chi connectivity index (χ3n) is 3.00. The molecule has 0 saturated carbocycles. The smallest absolute Gasteiger partial charge is 0.258 e. The maximum Gasteiger partial charge on any atom is 0.258 e. The molecule has 22 heavy (non-hydrogen) atoms. The van der Waals surface area contributed by atoms with Crippen molar-refractivity contribution in [3.8, 4) is 11.5 Å². The number of thioether (sulfide) groups is 1. The van der Waals surface area contributed by atoms with Crippen LogP contribution in [0, 0.1) is 0 Å². The fraction of sp³-hybridized carbons (Fsp3) is 0.0714. The van der Waals surface area contributed by atoms with Gasteiger partial charge in [0.05, 0.1) is 22.3 Å². The molecule has 110 valence electrons. The Morgan fingerprint density at radius 1 is 1.27 bits per heavy atom. The molecule has 5 nitrogen and oxygen atoms in total. The SMILES string of the molecule is Clc1ccc2nc(SCc3noc(-c4ccsc4)n3)[nH]c2c1. The number of nitrogens with one attached hydrogen (secondary N) is 1. The van der Waals surface area contributed by atoms with E-state index in [1.54, 1.807) is 11.3 Å². The van der Waals surface area contributed by atoms with Crippen LogP contribution in [0.1, 0.15) is 5.82 Å². The minimum atomic E-state index is 0.549. The predicted molar refractivity (Wildman–Crippen MR) is 88.3 cm³/mol. The molecule has 0 aliphatic heterocycles. The first-order valence-corrected chi connectivity index (χ1v) is 8.72. The molecule has 0 unspecified atom stereocenters. The summed E-state index contributed by atoms with van der Waals surface area (Å²) in [6.07, 6.45) is 0. The van der Waals surface area contributed by atoms with Gasteiger partial charge in [0, 0.05) is 10.4 Å². The molecule has 4 aromatic rings. The lowest BCUT2D eigenvalue weighted by molar-refractivity contribution is 0.425. The number of imidazole rings is 1. The standard InChI is InChI=1S/C14H9ClN4OS2/c15-9-1-2-10-11(5-9)17-14(16-10)22-7-12-18-13(20-19-12)8-3-4-21-6-8/h1-6H,7H2,(H,16,17). The van der Waals surface area contributed by atoms with E-state index < -0.39 is 0 Å². The lowest BCUT2D eigenvalue weighted by Crippen LogP contribution is -1.84. The summed E-state index contributed by atoms with van der Waals surface area (Å²) in [5, 5.41) is 9.44. The molecular formula is C14H9ClN4OS2. The Morgan fingerprint density at radius 2 is 2.23 bits per heavy atom. The topological polar surface area (TPSA) is 67.6 Å². The van der Waals surface area contributed by atoms with Crippen molar-refractivity contribution in [3.63, 3.8) is 0 Å². The van der Waals surface area contributed by atoms with Gasteiger partial charge < -0.3 is 9.51 Å². The second-order valence-corrected chi connectivity index (χ2v) is 6.70. The highest BCUT2D eigenvalue weighted by Crippen LogP contribution is 2.25. The molecule has 0 atom stereocenters. The van der Waals surface area contributed by atoms with Crippen LogP contribution < -0.4 is 0 Å². The monoisotopic (exact) mass is 348 g/mol. The number of hydrogen-bond donors (Lipinski definition) is 1. The molecule has 3 heterocycles. The number of halogens is 1. The van der Waals surface area contributed by atoms with Crippen LogP contribution in [0.4, 0.5) is 0 Å². The second-order valence-electron chi connectivity index (χ2n) is 4.52. The molecule has 0 aliphatic carbocycles. The van der Waals surface area contributed by atoms with Gasteiger partial charge in [0.2, 0.25) is 0 Å². The minimum absolute atomic E-state index is 0.549. The van der Waals surface area contributed by atoms with Gasteiger partial charge in [-0.2, -0.15) is 16.3 Å². The maximum absolute atomic E-state index is 5.97. The van der Waals surface area contributed by atoms with E-state index in [1.807, 2.05) is 35.0 Å². The Balaban J connectivity index is 1.49. The number of benzene rings is 1. The van der Waals surface area contributed by atoms with Crippen molar-refractivity contribution in [1.29, 1.82) is 0 Å². The summed E-state index contributed by atoms with van der Waals surface area (Å²) >= 11 is 9.09. The molecule has 0 saturated heterocycles. The summed E-state index contributed by atoms with van der Waals surface area (Å²) in [4.78, 5) is 12.1. The number of nitrogens with zero attached hydrogens (tertiary/aromatic N) is 3. The molecule has 4 rings (SSSR count). The Hall–Kier alpha value is -1.83. The molecular weight excluding hydrogens is 340 g/mol. The number of fused-ring (bicyclic) bond motifs is 1. The van der Waals surface area contributed by atoms with E-state index in [9.17, 15) is 0 Å². The van der Waals surface area contributed by atoms with Crippen molar-refractivity contribution in [1.82, 2.24) is 20.1 Å². The second kappa shape index (κ2) is 5.75. The van der Waals surface area contributed by atoms with Gasteiger partial charge in [-0.05, 0) is 29.6 Å². The average Bonchev–Trinajstić information content (AvgIpc) is 3.24. The van der Waals surface area contributed by atoms with Gasteiger partial charge in [0.1, 0.15) is 0 Å². The van der Waals surface area contributed by atoms with Gasteiger partial charge in [-0.1, -0.05) is 28.5 Å².